The molecule has 0 saturated heterocycles. The average Bonchev–Trinajstić information content (AvgIpc) is 2.25. The van der Waals surface area contributed by atoms with E-state index in [0.717, 1.165) is 5.56 Å². The van der Waals surface area contributed by atoms with Crippen LogP contribution in [0.15, 0.2) is 30.3 Å². The Balaban J connectivity index is 2.67. The molecule has 1 rings (SSSR count). The molecule has 0 saturated carbocycles. The van der Waals surface area contributed by atoms with Crippen LogP contribution in [-0.4, -0.2) is 24.1 Å². The Morgan fingerprint density at radius 2 is 2.07 bits per heavy atom. The van der Waals surface area contributed by atoms with Crippen molar-refractivity contribution >= 4 is 5.78 Å². The maximum absolute atomic E-state index is 11.0. The molecule has 15 heavy (non-hydrogen) atoms. The third-order valence-electron chi connectivity index (χ3n) is 2.05. The second-order valence-corrected chi connectivity index (χ2v) is 3.40. The van der Waals surface area contributed by atoms with Gasteiger partial charge in [0.05, 0.1) is 19.3 Å². The van der Waals surface area contributed by atoms with Gasteiger partial charge in [0.2, 0.25) is 0 Å². The fourth-order valence-corrected chi connectivity index (χ4v) is 1.40. The SMILES string of the molecule is CC(=O)CC(OCCO)c1ccccc1. The second-order valence-electron chi connectivity index (χ2n) is 3.40. The average molecular weight is 208 g/mol. The summed E-state index contributed by atoms with van der Waals surface area (Å²) in [5.74, 6) is 0.0850. The van der Waals surface area contributed by atoms with Gasteiger partial charge in [0.1, 0.15) is 5.78 Å². The number of ketones is 1. The van der Waals surface area contributed by atoms with Gasteiger partial charge in [0, 0.05) is 6.42 Å². The van der Waals surface area contributed by atoms with E-state index in [2.05, 4.69) is 0 Å². The van der Waals surface area contributed by atoms with E-state index in [1.54, 1.807) is 0 Å². The maximum Gasteiger partial charge on any atom is 0.132 e. The van der Waals surface area contributed by atoms with Gasteiger partial charge in [-0.2, -0.15) is 0 Å². The molecule has 0 spiro atoms. The fraction of sp³-hybridized carbons (Fsp3) is 0.417. The number of aliphatic hydroxyl groups excluding tert-OH is 1. The molecule has 0 aliphatic rings. The number of hydrogen-bond acceptors (Lipinski definition) is 3. The van der Waals surface area contributed by atoms with E-state index in [1.165, 1.54) is 6.92 Å². The van der Waals surface area contributed by atoms with E-state index in [4.69, 9.17) is 9.84 Å². The van der Waals surface area contributed by atoms with E-state index in [9.17, 15) is 4.79 Å². The first-order valence-corrected chi connectivity index (χ1v) is 5.01. The van der Waals surface area contributed by atoms with Crippen LogP contribution in [0.3, 0.4) is 0 Å². The summed E-state index contributed by atoms with van der Waals surface area (Å²) in [5, 5.41) is 8.69. The lowest BCUT2D eigenvalue weighted by Gasteiger charge is -2.16. The molecule has 1 aromatic carbocycles. The molecule has 82 valence electrons. The molecule has 0 bridgehead atoms. The standard InChI is InChI=1S/C12H16O3/c1-10(14)9-12(15-8-7-13)11-5-3-2-4-6-11/h2-6,12-13H,7-9H2,1H3. The van der Waals surface area contributed by atoms with Gasteiger partial charge >= 0.3 is 0 Å². The quantitative estimate of drug-likeness (QED) is 0.774. The summed E-state index contributed by atoms with van der Waals surface area (Å²) in [6.07, 6.45) is 0.111. The Kier molecular flexibility index (Phi) is 5.01. The lowest BCUT2D eigenvalue weighted by Crippen LogP contribution is -2.11. The van der Waals surface area contributed by atoms with Crippen LogP contribution >= 0.6 is 0 Å². The fourth-order valence-electron chi connectivity index (χ4n) is 1.40. The molecule has 1 unspecified atom stereocenters. The number of Topliss-reactive ketones (excluding diaryl/α,β-unsaturated/α-hetero) is 1. The van der Waals surface area contributed by atoms with Crippen LogP contribution in [-0.2, 0) is 9.53 Å². The first-order valence-electron chi connectivity index (χ1n) is 5.01. The van der Waals surface area contributed by atoms with Gasteiger partial charge in [0.15, 0.2) is 0 Å². The number of hydrogen-bond donors (Lipinski definition) is 1. The lowest BCUT2D eigenvalue weighted by molar-refractivity contribution is -0.120. The molecular weight excluding hydrogens is 192 g/mol. The molecule has 0 heterocycles. The van der Waals surface area contributed by atoms with Gasteiger partial charge in [-0.15, -0.1) is 0 Å². The molecule has 0 fully saturated rings. The zero-order valence-electron chi connectivity index (χ0n) is 8.85. The Labute approximate surface area is 89.7 Å². The molecule has 0 aromatic heterocycles. The van der Waals surface area contributed by atoms with Crippen molar-refractivity contribution in [3.63, 3.8) is 0 Å². The molecule has 0 aliphatic heterocycles. The van der Waals surface area contributed by atoms with Crippen molar-refractivity contribution in [2.45, 2.75) is 19.4 Å². The summed E-state index contributed by atoms with van der Waals surface area (Å²) < 4.78 is 5.42. The number of benzene rings is 1. The van der Waals surface area contributed by atoms with Crippen molar-refractivity contribution in [1.29, 1.82) is 0 Å². The number of carbonyl (C=O) groups excluding carboxylic acids is 1. The molecule has 0 aliphatic carbocycles. The zero-order chi connectivity index (χ0) is 11.1. The second kappa shape index (κ2) is 6.32. The largest absolute Gasteiger partial charge is 0.394 e. The normalized spacial score (nSPS) is 12.4. The highest BCUT2D eigenvalue weighted by Gasteiger charge is 2.13. The van der Waals surface area contributed by atoms with Gasteiger partial charge in [-0.05, 0) is 12.5 Å². The monoisotopic (exact) mass is 208 g/mol. The Morgan fingerprint density at radius 3 is 2.60 bits per heavy atom. The van der Waals surface area contributed by atoms with Crippen LogP contribution in [0, 0.1) is 0 Å². The zero-order valence-corrected chi connectivity index (χ0v) is 8.85. The van der Waals surface area contributed by atoms with Crippen molar-refractivity contribution in [3.8, 4) is 0 Å². The van der Waals surface area contributed by atoms with E-state index in [0.29, 0.717) is 6.42 Å². The van der Waals surface area contributed by atoms with Crippen LogP contribution < -0.4 is 0 Å². The molecule has 3 heteroatoms. The smallest absolute Gasteiger partial charge is 0.132 e. The molecule has 1 atom stereocenters. The molecule has 1 N–H and O–H groups in total. The maximum atomic E-state index is 11.0. The minimum Gasteiger partial charge on any atom is -0.394 e. The number of aliphatic hydroxyl groups is 1. The van der Waals surface area contributed by atoms with Gasteiger partial charge in [-0.1, -0.05) is 30.3 Å². The lowest BCUT2D eigenvalue weighted by atomic mass is 10.0. The Bertz CT molecular complexity index is 295. The minimum absolute atomic E-state index is 0.0265. The summed E-state index contributed by atoms with van der Waals surface area (Å²) in [6, 6.07) is 9.58. The van der Waals surface area contributed by atoms with E-state index < -0.39 is 0 Å². The highest BCUT2D eigenvalue weighted by atomic mass is 16.5. The van der Waals surface area contributed by atoms with Crippen molar-refractivity contribution in [1.82, 2.24) is 0 Å². The van der Waals surface area contributed by atoms with Gasteiger partial charge in [-0.25, -0.2) is 0 Å². The summed E-state index contributed by atoms with van der Waals surface area (Å²) in [4.78, 5) is 11.0. The van der Waals surface area contributed by atoms with Gasteiger partial charge < -0.3 is 9.84 Å². The molecule has 1 aromatic rings. The van der Waals surface area contributed by atoms with Crippen molar-refractivity contribution in [3.05, 3.63) is 35.9 Å². The van der Waals surface area contributed by atoms with Crippen molar-refractivity contribution in [2.24, 2.45) is 0 Å². The topological polar surface area (TPSA) is 46.5 Å². The van der Waals surface area contributed by atoms with Crippen LogP contribution in [0.2, 0.25) is 0 Å². The van der Waals surface area contributed by atoms with Crippen LogP contribution in [0.25, 0.3) is 0 Å². The minimum atomic E-state index is -0.240. The summed E-state index contributed by atoms with van der Waals surface area (Å²) in [7, 11) is 0. The predicted octanol–water partition coefficient (Wildman–Crippen LogP) is 1.72. The highest BCUT2D eigenvalue weighted by Crippen LogP contribution is 2.20. The Morgan fingerprint density at radius 1 is 1.40 bits per heavy atom. The first-order chi connectivity index (χ1) is 7.24. The van der Waals surface area contributed by atoms with Crippen LogP contribution in [0.5, 0.6) is 0 Å². The summed E-state index contributed by atoms with van der Waals surface area (Å²) >= 11 is 0. The van der Waals surface area contributed by atoms with E-state index in [-0.39, 0.29) is 25.1 Å². The van der Waals surface area contributed by atoms with E-state index >= 15 is 0 Å². The summed E-state index contributed by atoms with van der Waals surface area (Å²) in [5.41, 5.74) is 0.973. The van der Waals surface area contributed by atoms with Crippen molar-refractivity contribution in [2.75, 3.05) is 13.2 Å². The number of ether oxygens (including phenoxy) is 1. The molecule has 0 radical (unpaired) electrons. The molecular formula is C12H16O3. The number of rotatable bonds is 6. The van der Waals surface area contributed by atoms with E-state index in [1.807, 2.05) is 30.3 Å². The third kappa shape index (κ3) is 4.23. The first kappa shape index (κ1) is 11.9. The molecule has 3 nitrogen and oxygen atoms in total. The summed E-state index contributed by atoms with van der Waals surface area (Å²) in [6.45, 7) is 1.77. The number of carbonyl (C=O) groups is 1. The van der Waals surface area contributed by atoms with Gasteiger partial charge in [0.25, 0.3) is 0 Å². The molecule has 0 amide bonds. The van der Waals surface area contributed by atoms with Gasteiger partial charge in [-0.3, -0.25) is 4.79 Å². The Hall–Kier alpha value is -1.19. The van der Waals surface area contributed by atoms with Crippen LogP contribution in [0.4, 0.5) is 0 Å². The third-order valence-corrected chi connectivity index (χ3v) is 2.05. The highest BCUT2D eigenvalue weighted by molar-refractivity contribution is 5.76. The van der Waals surface area contributed by atoms with Crippen molar-refractivity contribution < 1.29 is 14.6 Å². The predicted molar refractivity (Wildman–Crippen MR) is 57.5 cm³/mol. The van der Waals surface area contributed by atoms with Crippen LogP contribution in [0.1, 0.15) is 25.0 Å².